The highest BCUT2D eigenvalue weighted by molar-refractivity contribution is 6.25. The van der Waals surface area contributed by atoms with Crippen molar-refractivity contribution in [1.82, 2.24) is 0 Å². The summed E-state index contributed by atoms with van der Waals surface area (Å²) in [5.41, 5.74) is -0.00704. The minimum atomic E-state index is -0.770. The van der Waals surface area contributed by atoms with Crippen LogP contribution in [0.15, 0.2) is 110 Å². The number of aryl methyl sites for hydroxylation is 2. The van der Waals surface area contributed by atoms with Crippen molar-refractivity contribution in [3.05, 3.63) is 126 Å². The Morgan fingerprint density at radius 1 is 0.364 bits per heavy atom. The molecule has 4 heterocycles. The lowest BCUT2D eigenvalue weighted by atomic mass is 9.97. The van der Waals surface area contributed by atoms with Gasteiger partial charge in [0, 0.05) is 43.1 Å². The van der Waals surface area contributed by atoms with Crippen LogP contribution >= 0.6 is 0 Å². The Morgan fingerprint density at radius 3 is 1.05 bits per heavy atom. The molecule has 210 valence electrons. The van der Waals surface area contributed by atoms with E-state index >= 15 is 0 Å². The molecule has 8 nitrogen and oxygen atoms in total. The number of hydrogen-bond donors (Lipinski definition) is 0. The van der Waals surface area contributed by atoms with Crippen LogP contribution in [0.4, 0.5) is 0 Å². The summed E-state index contributed by atoms with van der Waals surface area (Å²) in [4.78, 5) is 53.6. The fraction of sp³-hybridized carbons (Fsp3) is 0.0556. The summed E-state index contributed by atoms with van der Waals surface area (Å²) >= 11 is 0. The SMILES string of the molecule is Cc1ccc2c(c1)oc(=O)c1c2ccc2c3ccc4c5ccc6c7ccc(C)cc7oc(=O)c6c5c(=O)oc4c3oc(=O)c21. The molecule has 5 aromatic carbocycles. The lowest BCUT2D eigenvalue weighted by Crippen LogP contribution is -2.09. The van der Waals surface area contributed by atoms with E-state index in [1.54, 1.807) is 48.5 Å². The third kappa shape index (κ3) is 3.11. The molecule has 4 aromatic heterocycles. The second-order valence-electron chi connectivity index (χ2n) is 11.2. The van der Waals surface area contributed by atoms with Gasteiger partial charge >= 0.3 is 22.5 Å². The first kappa shape index (κ1) is 24.6. The Bertz CT molecular complexity index is 2840. The summed E-state index contributed by atoms with van der Waals surface area (Å²) in [6, 6.07) is 21.6. The highest BCUT2D eigenvalue weighted by atomic mass is 16.4. The second-order valence-corrected chi connectivity index (χ2v) is 11.2. The monoisotopic (exact) mass is 578 g/mol. The van der Waals surface area contributed by atoms with Crippen molar-refractivity contribution in [2.75, 3.05) is 0 Å². The van der Waals surface area contributed by atoms with Gasteiger partial charge in [-0.15, -0.1) is 0 Å². The molecular formula is C36H18O8. The van der Waals surface area contributed by atoms with E-state index in [1.165, 1.54) is 0 Å². The van der Waals surface area contributed by atoms with Gasteiger partial charge in [-0.2, -0.15) is 0 Å². The molecule has 0 aliphatic carbocycles. The van der Waals surface area contributed by atoms with E-state index < -0.39 is 22.5 Å². The molecule has 0 saturated carbocycles. The molecule has 9 rings (SSSR count). The van der Waals surface area contributed by atoms with Crippen molar-refractivity contribution >= 4 is 87.0 Å². The van der Waals surface area contributed by atoms with E-state index in [0.717, 1.165) is 11.1 Å². The molecule has 0 radical (unpaired) electrons. The Labute approximate surface area is 243 Å². The molecule has 44 heavy (non-hydrogen) atoms. The standard InChI is InChI=1S/C36H18O8/c1-15-3-5-17-19-7-9-21-23-11-12-24-22-10-8-20-18-6-4-16(2)14-26(18)42-34(38)28(20)30(22)36(40)44-32(24)31(23)43-35(39)29(21)27(19)33(37)41-25(17)13-15/h3-14H,1-2H3. The predicted octanol–water partition coefficient (Wildman–Crippen LogP) is 7.34. The van der Waals surface area contributed by atoms with E-state index in [4.69, 9.17) is 17.7 Å². The smallest absolute Gasteiger partial charge is 0.345 e. The summed E-state index contributed by atoms with van der Waals surface area (Å²) in [6.07, 6.45) is 0. The van der Waals surface area contributed by atoms with E-state index in [9.17, 15) is 19.2 Å². The van der Waals surface area contributed by atoms with Crippen molar-refractivity contribution in [3.63, 3.8) is 0 Å². The molecule has 0 unspecified atom stereocenters. The highest BCUT2D eigenvalue weighted by Gasteiger charge is 2.22. The molecular weight excluding hydrogens is 560 g/mol. The van der Waals surface area contributed by atoms with Crippen molar-refractivity contribution in [1.29, 1.82) is 0 Å². The van der Waals surface area contributed by atoms with Crippen molar-refractivity contribution < 1.29 is 17.7 Å². The van der Waals surface area contributed by atoms with Gasteiger partial charge in [-0.05, 0) is 49.2 Å². The molecule has 8 heteroatoms. The maximum Gasteiger partial charge on any atom is 0.345 e. The van der Waals surface area contributed by atoms with Crippen molar-refractivity contribution in [2.24, 2.45) is 0 Å². The van der Waals surface area contributed by atoms with Crippen molar-refractivity contribution in [2.45, 2.75) is 13.8 Å². The minimum absolute atomic E-state index is 0.0558. The number of benzene rings is 5. The summed E-state index contributed by atoms with van der Waals surface area (Å²) < 4.78 is 22.9. The van der Waals surface area contributed by atoms with E-state index in [1.807, 2.05) is 38.1 Å². The predicted molar refractivity (Wildman–Crippen MR) is 170 cm³/mol. The van der Waals surface area contributed by atoms with E-state index in [-0.39, 0.29) is 32.7 Å². The van der Waals surface area contributed by atoms with Crippen molar-refractivity contribution in [3.8, 4) is 0 Å². The van der Waals surface area contributed by atoms with Crippen LogP contribution in [0.5, 0.6) is 0 Å². The van der Waals surface area contributed by atoms with Gasteiger partial charge in [0.2, 0.25) is 0 Å². The average molecular weight is 579 g/mol. The van der Waals surface area contributed by atoms with Gasteiger partial charge in [0.25, 0.3) is 0 Å². The molecule has 0 bridgehead atoms. The summed E-state index contributed by atoms with van der Waals surface area (Å²) in [5, 5.41) is 4.79. The maximum absolute atomic E-state index is 13.6. The van der Waals surface area contributed by atoms with Crippen LogP contribution in [0.1, 0.15) is 11.1 Å². The van der Waals surface area contributed by atoms with E-state index in [0.29, 0.717) is 54.3 Å². The molecule has 0 amide bonds. The molecule has 0 aliphatic rings. The number of fused-ring (bicyclic) bond motifs is 15. The van der Waals surface area contributed by atoms with Gasteiger partial charge in [-0.3, -0.25) is 0 Å². The van der Waals surface area contributed by atoms with Crippen LogP contribution in [-0.4, -0.2) is 0 Å². The average Bonchev–Trinajstić information content (AvgIpc) is 3.00. The Morgan fingerprint density at radius 2 is 0.659 bits per heavy atom. The lowest BCUT2D eigenvalue weighted by molar-refractivity contribution is 0.536. The van der Waals surface area contributed by atoms with Crippen LogP contribution in [0.25, 0.3) is 87.0 Å². The van der Waals surface area contributed by atoms with Crippen LogP contribution in [0, 0.1) is 13.8 Å². The zero-order chi connectivity index (χ0) is 30.0. The Hall–Kier alpha value is -6.02. The van der Waals surface area contributed by atoms with Gasteiger partial charge in [0.1, 0.15) is 11.2 Å². The largest absolute Gasteiger partial charge is 0.422 e. The summed E-state index contributed by atoms with van der Waals surface area (Å²) in [5.74, 6) is 0. The molecule has 9 aromatic rings. The van der Waals surface area contributed by atoms with Crippen LogP contribution in [-0.2, 0) is 0 Å². The molecule has 0 aliphatic heterocycles. The van der Waals surface area contributed by atoms with Gasteiger partial charge in [-0.1, -0.05) is 48.5 Å². The maximum atomic E-state index is 13.6. The molecule has 0 atom stereocenters. The summed E-state index contributed by atoms with van der Waals surface area (Å²) in [6.45, 7) is 3.80. The van der Waals surface area contributed by atoms with Gasteiger partial charge in [0.05, 0.1) is 21.5 Å². The Balaban J connectivity index is 1.41. The fourth-order valence-corrected chi connectivity index (χ4v) is 6.60. The first-order valence-corrected chi connectivity index (χ1v) is 13.9. The first-order valence-electron chi connectivity index (χ1n) is 13.9. The fourth-order valence-electron chi connectivity index (χ4n) is 6.60. The molecule has 0 fully saturated rings. The van der Waals surface area contributed by atoms with Crippen LogP contribution in [0.3, 0.4) is 0 Å². The zero-order valence-electron chi connectivity index (χ0n) is 23.2. The molecule has 0 spiro atoms. The quantitative estimate of drug-likeness (QED) is 0.135. The van der Waals surface area contributed by atoms with Gasteiger partial charge in [0.15, 0.2) is 11.2 Å². The highest BCUT2D eigenvalue weighted by Crippen LogP contribution is 2.37. The normalized spacial score (nSPS) is 12.2. The molecule has 0 N–H and O–H groups in total. The third-order valence-corrected chi connectivity index (χ3v) is 8.57. The van der Waals surface area contributed by atoms with Gasteiger partial charge < -0.3 is 17.7 Å². The molecule has 0 saturated heterocycles. The van der Waals surface area contributed by atoms with E-state index in [2.05, 4.69) is 0 Å². The summed E-state index contributed by atoms with van der Waals surface area (Å²) in [7, 11) is 0. The van der Waals surface area contributed by atoms with Gasteiger partial charge in [-0.25, -0.2) is 19.2 Å². The second kappa shape index (κ2) is 8.29. The van der Waals surface area contributed by atoms with Crippen LogP contribution in [0.2, 0.25) is 0 Å². The number of hydrogen-bond acceptors (Lipinski definition) is 8. The minimum Gasteiger partial charge on any atom is -0.422 e. The topological polar surface area (TPSA) is 121 Å². The number of rotatable bonds is 0. The zero-order valence-corrected chi connectivity index (χ0v) is 23.2. The third-order valence-electron chi connectivity index (χ3n) is 8.57. The van der Waals surface area contributed by atoms with Crippen LogP contribution < -0.4 is 22.5 Å². The first-order chi connectivity index (χ1) is 21.3. The lowest BCUT2D eigenvalue weighted by Gasteiger charge is -2.10. The Kier molecular flexibility index (Phi) is 4.63.